The van der Waals surface area contributed by atoms with E-state index in [1.807, 2.05) is 0 Å². The number of thiol groups is 2. The Hall–Kier alpha value is -2.29. The van der Waals surface area contributed by atoms with Crippen LogP contribution in [0, 0.1) is 0 Å². The number of aromatic amines is 1. The molecule has 4 aromatic heterocycles. The summed E-state index contributed by atoms with van der Waals surface area (Å²) < 4.78 is 76.8. The van der Waals surface area contributed by atoms with Crippen LogP contribution in [0.3, 0.4) is 0 Å². The fourth-order valence-corrected chi connectivity index (χ4v) is 11.0. The van der Waals surface area contributed by atoms with Gasteiger partial charge in [0.25, 0.3) is 12.1 Å². The molecule has 6 rings (SSSR count). The number of aliphatic hydroxyl groups is 1. The summed E-state index contributed by atoms with van der Waals surface area (Å²) in [6, 6.07) is 0. The van der Waals surface area contributed by atoms with Crippen molar-refractivity contribution in [3.05, 3.63) is 29.3 Å². The third kappa shape index (κ3) is 5.53. The highest BCUT2D eigenvalue weighted by molar-refractivity contribution is 8.46. The monoisotopic (exact) mass is 712 g/mol. The van der Waals surface area contributed by atoms with Crippen molar-refractivity contribution in [1.82, 2.24) is 39.0 Å². The van der Waals surface area contributed by atoms with Gasteiger partial charge in [-0.15, -0.1) is 11.8 Å². The van der Waals surface area contributed by atoms with Gasteiger partial charge in [-0.3, -0.25) is 23.5 Å². The van der Waals surface area contributed by atoms with Crippen LogP contribution in [-0.2, 0) is 22.9 Å². The zero-order valence-electron chi connectivity index (χ0n) is 22.0. The number of fused-ring (bicyclic) bond motifs is 2. The molecular formula is C20H24F2N10O7P2S3. The van der Waals surface area contributed by atoms with E-state index in [-0.39, 0.29) is 34.1 Å². The Morgan fingerprint density at radius 3 is 2.61 bits per heavy atom. The molecular weight excluding hydrogens is 688 g/mol. The molecule has 0 aromatic carbocycles. The van der Waals surface area contributed by atoms with Crippen LogP contribution in [0.4, 0.5) is 20.5 Å². The van der Waals surface area contributed by atoms with E-state index in [1.165, 1.54) is 21.8 Å². The van der Waals surface area contributed by atoms with Gasteiger partial charge in [0, 0.05) is 0 Å². The summed E-state index contributed by atoms with van der Waals surface area (Å²) in [6.07, 6.45) is -4.57. The van der Waals surface area contributed by atoms with Gasteiger partial charge in [0.1, 0.15) is 35.9 Å². The van der Waals surface area contributed by atoms with Crippen LogP contribution in [0.5, 0.6) is 0 Å². The van der Waals surface area contributed by atoms with Crippen molar-refractivity contribution in [2.75, 3.05) is 24.7 Å². The fraction of sp³-hybridized carbons (Fsp3) is 0.500. The maximum Gasteiger partial charge on any atom is 0.280 e. The lowest BCUT2D eigenvalue weighted by Crippen LogP contribution is -2.34. The second-order valence-electron chi connectivity index (χ2n) is 9.76. The molecule has 0 bridgehead atoms. The first kappa shape index (κ1) is 31.7. The number of nitrogen functional groups attached to an aromatic ring is 2. The predicted octanol–water partition coefficient (Wildman–Crippen LogP) is 1.52. The van der Waals surface area contributed by atoms with E-state index in [0.717, 1.165) is 18.1 Å². The zero-order chi connectivity index (χ0) is 31.5. The van der Waals surface area contributed by atoms with Crippen LogP contribution in [0.2, 0.25) is 0 Å². The van der Waals surface area contributed by atoms with Crippen molar-refractivity contribution >= 4 is 84.2 Å². The molecule has 2 aliphatic rings. The molecule has 2 saturated heterocycles. The zero-order valence-corrected chi connectivity index (χ0v) is 26.5. The van der Waals surface area contributed by atoms with E-state index in [4.69, 9.17) is 25.3 Å². The second-order valence-corrected chi connectivity index (χ2v) is 16.6. The molecule has 2 unspecified atom stereocenters. The van der Waals surface area contributed by atoms with Crippen LogP contribution in [-0.4, -0.2) is 92.8 Å². The van der Waals surface area contributed by atoms with E-state index in [9.17, 15) is 19.0 Å². The third-order valence-electron chi connectivity index (χ3n) is 7.16. The van der Waals surface area contributed by atoms with Gasteiger partial charge in [-0.25, -0.2) is 28.7 Å². The molecule has 0 aliphatic carbocycles. The van der Waals surface area contributed by atoms with Crippen LogP contribution in [0.25, 0.3) is 22.3 Å². The highest BCUT2D eigenvalue weighted by Crippen LogP contribution is 2.67. The van der Waals surface area contributed by atoms with Crippen molar-refractivity contribution in [3.63, 3.8) is 0 Å². The van der Waals surface area contributed by atoms with Crippen LogP contribution >= 0.6 is 50.1 Å². The summed E-state index contributed by atoms with van der Waals surface area (Å²) >= 11 is 8.90. The van der Waals surface area contributed by atoms with E-state index in [1.54, 1.807) is 0 Å². The first-order chi connectivity index (χ1) is 20.9. The van der Waals surface area contributed by atoms with Crippen molar-refractivity contribution in [2.45, 2.75) is 47.1 Å². The fourth-order valence-electron chi connectivity index (χ4n) is 5.19. The number of anilines is 2. The minimum absolute atomic E-state index is 0.0144. The Balaban J connectivity index is 1.29. The summed E-state index contributed by atoms with van der Waals surface area (Å²) in [4.78, 5) is 34.7. The normalized spacial score (nSPS) is 31.1. The van der Waals surface area contributed by atoms with Gasteiger partial charge in [-0.2, -0.15) is 4.98 Å². The summed E-state index contributed by atoms with van der Waals surface area (Å²) in [5, 5.41) is 7.71. The minimum Gasteiger partial charge on any atom is -0.395 e. The maximum absolute atomic E-state index is 15.8. The van der Waals surface area contributed by atoms with E-state index in [2.05, 4.69) is 54.4 Å². The lowest BCUT2D eigenvalue weighted by atomic mass is 10.1. The first-order valence-electron chi connectivity index (χ1n) is 12.6. The highest BCUT2D eigenvalue weighted by Gasteiger charge is 2.55. The smallest absolute Gasteiger partial charge is 0.280 e. The molecule has 44 heavy (non-hydrogen) atoms. The quantitative estimate of drug-likeness (QED) is 0.106. The Morgan fingerprint density at radius 2 is 1.89 bits per heavy atom. The van der Waals surface area contributed by atoms with Crippen LogP contribution < -0.4 is 17.0 Å². The number of aliphatic hydroxyl groups excluding tert-OH is 1. The Morgan fingerprint density at radius 1 is 1.16 bits per heavy atom. The molecule has 0 amide bonds. The number of nitrogens with one attached hydrogen (secondary N) is 1. The predicted molar refractivity (Wildman–Crippen MR) is 163 cm³/mol. The summed E-state index contributed by atoms with van der Waals surface area (Å²) in [6.45, 7) is -5.58. The van der Waals surface area contributed by atoms with Crippen molar-refractivity contribution < 1.29 is 36.8 Å². The molecule has 24 heteroatoms. The molecule has 238 valence electrons. The molecule has 2 fully saturated rings. The number of halogens is 2. The lowest BCUT2D eigenvalue weighted by molar-refractivity contribution is -0.0377. The minimum atomic E-state index is -4.31. The highest BCUT2D eigenvalue weighted by atomic mass is 32.7. The largest absolute Gasteiger partial charge is 0.395 e. The maximum atomic E-state index is 15.8. The number of H-pyrrole nitrogens is 1. The number of nitrogens with two attached hydrogens (primary N) is 2. The molecule has 10 atom stereocenters. The van der Waals surface area contributed by atoms with E-state index in [0.29, 0.717) is 0 Å². The number of thioether (sulfide) groups is 1. The third-order valence-corrected chi connectivity index (χ3v) is 12.7. The number of hydrogen-bond donors (Lipinski definition) is 6. The molecule has 4 aromatic rings. The van der Waals surface area contributed by atoms with Crippen molar-refractivity contribution in [1.29, 1.82) is 0 Å². The lowest BCUT2D eigenvalue weighted by Gasteiger charge is -2.28. The second kappa shape index (κ2) is 12.1. The first-order valence-corrected chi connectivity index (χ1v) is 19.0. The van der Waals surface area contributed by atoms with Crippen molar-refractivity contribution in [3.8, 4) is 0 Å². The van der Waals surface area contributed by atoms with E-state index >= 15 is 8.78 Å². The number of rotatable bonds is 9. The summed E-state index contributed by atoms with van der Waals surface area (Å²) in [5.41, 5.74) is 9.58. The van der Waals surface area contributed by atoms with Gasteiger partial charge in [0.15, 0.2) is 35.0 Å². The molecule has 0 radical (unpaired) electrons. The number of aromatic nitrogens is 8. The summed E-state index contributed by atoms with van der Waals surface area (Å²) in [5.74, 6) is -0.182. The Bertz CT molecular complexity index is 1850. The topological polar surface area (TPSA) is 241 Å². The molecule has 6 heterocycles. The molecule has 2 aliphatic heterocycles. The number of alkyl halides is 2. The number of imidazole rings is 2. The van der Waals surface area contributed by atoms with Crippen LogP contribution in [0.1, 0.15) is 11.6 Å². The van der Waals surface area contributed by atoms with Gasteiger partial charge in [-0.1, -0.05) is 24.5 Å². The van der Waals surface area contributed by atoms with Crippen LogP contribution in [0.15, 0.2) is 23.8 Å². The summed E-state index contributed by atoms with van der Waals surface area (Å²) in [7, 11) is -3.01. The number of hydrogen-bond acceptors (Lipinski definition) is 15. The SMILES string of the molecule is Nc1nc2c(ncn2[C@@H]2S[C@H](CO)[C@H](F)[C@H]2P(=O)(S)OC[C@H]2O[C@@H](n3cnc4c(N)ncnc43)[C@@H](F)[C@@H]2O[PH](=O)S)c(=O)[nH]1. The van der Waals surface area contributed by atoms with Crippen molar-refractivity contribution in [2.24, 2.45) is 0 Å². The average Bonchev–Trinajstić information content (AvgIpc) is 3.72. The van der Waals surface area contributed by atoms with Gasteiger partial charge < -0.3 is 34.9 Å². The van der Waals surface area contributed by atoms with Gasteiger partial charge in [0.2, 0.25) is 13.2 Å². The molecule has 6 N–H and O–H groups in total. The molecule has 17 nitrogen and oxygen atoms in total. The van der Waals surface area contributed by atoms with Gasteiger partial charge in [-0.05, 0) is 0 Å². The van der Waals surface area contributed by atoms with E-state index < -0.39 is 79.6 Å². The Kier molecular flexibility index (Phi) is 8.74. The average molecular weight is 713 g/mol. The van der Waals surface area contributed by atoms with Gasteiger partial charge in [0.05, 0.1) is 36.5 Å². The molecule has 0 spiro atoms. The Labute approximate surface area is 260 Å². The number of nitrogens with zero attached hydrogens (tertiary/aromatic N) is 7. The molecule has 0 saturated carbocycles. The standard InChI is InChI=1S/C20H24F2N10O7P2S3/c21-8-7(1-33)44-19(32-5-28-11-16(32)29-20(24)30-17(11)34)13(8)41(36,43)37-2-6-12(39-40(35)42)9(22)18(38-6)31-4-27-10-14(23)25-3-26-15(10)31/h3-9,12-13,18-19,33,40H,1-2H2,(H,35,42)(H,36,43)(H2,23,25,26)(H3,24,29,30,34)/t6-,7-,8+,9+,12-,13-,18-,19-,41?/m1/s1. The number of ether oxygens (including phenoxy) is 1. The van der Waals surface area contributed by atoms with Gasteiger partial charge >= 0.3 is 0 Å².